The van der Waals surface area contributed by atoms with Crippen LogP contribution in [0.5, 0.6) is 0 Å². The number of aromatic nitrogens is 2. The van der Waals surface area contributed by atoms with E-state index in [1.54, 1.807) is 13.0 Å². The molecular formula is C12H16FN3O2S. The van der Waals surface area contributed by atoms with E-state index in [-0.39, 0.29) is 17.6 Å². The minimum absolute atomic E-state index is 0.0713. The Kier molecular flexibility index (Phi) is 3.86. The predicted octanol–water partition coefficient (Wildman–Crippen LogP) is 1.22. The van der Waals surface area contributed by atoms with Crippen LogP contribution in [0, 0.1) is 5.82 Å². The van der Waals surface area contributed by atoms with E-state index in [1.807, 2.05) is 0 Å². The maximum absolute atomic E-state index is 13.0. The van der Waals surface area contributed by atoms with Crippen molar-refractivity contribution in [1.82, 2.24) is 15.3 Å². The molecule has 0 bridgehead atoms. The number of fused-ring (bicyclic) bond motifs is 1. The Labute approximate surface area is 111 Å². The molecule has 0 radical (unpaired) electrons. The van der Waals surface area contributed by atoms with Crippen molar-refractivity contribution >= 4 is 20.9 Å². The number of rotatable bonds is 5. The summed E-state index contributed by atoms with van der Waals surface area (Å²) in [6.45, 7) is 2.20. The van der Waals surface area contributed by atoms with E-state index in [2.05, 4.69) is 15.3 Å². The van der Waals surface area contributed by atoms with Crippen molar-refractivity contribution in [1.29, 1.82) is 0 Å². The van der Waals surface area contributed by atoms with Gasteiger partial charge in [0.1, 0.15) is 21.5 Å². The van der Waals surface area contributed by atoms with Gasteiger partial charge in [-0.15, -0.1) is 0 Å². The molecule has 0 aliphatic carbocycles. The molecule has 0 spiro atoms. The highest BCUT2D eigenvalue weighted by Crippen LogP contribution is 2.12. The van der Waals surface area contributed by atoms with Crippen LogP contribution in [-0.4, -0.2) is 36.4 Å². The molecule has 2 aromatic rings. The van der Waals surface area contributed by atoms with E-state index in [0.717, 1.165) is 0 Å². The molecule has 0 fully saturated rings. The molecule has 5 nitrogen and oxygen atoms in total. The number of hydrogen-bond donors (Lipinski definition) is 2. The first-order chi connectivity index (χ1) is 8.83. The fourth-order valence-electron chi connectivity index (χ4n) is 1.90. The summed E-state index contributed by atoms with van der Waals surface area (Å²) in [5.74, 6) is 0.407. The lowest BCUT2D eigenvalue weighted by molar-refractivity contribution is 0.553. The van der Waals surface area contributed by atoms with Gasteiger partial charge in [0.25, 0.3) is 0 Å². The van der Waals surface area contributed by atoms with E-state index in [0.29, 0.717) is 23.4 Å². The van der Waals surface area contributed by atoms with Crippen LogP contribution in [0.3, 0.4) is 0 Å². The van der Waals surface area contributed by atoms with Crippen LogP contribution in [0.25, 0.3) is 11.0 Å². The second kappa shape index (κ2) is 5.26. The number of nitrogens with one attached hydrogen (secondary N) is 2. The van der Waals surface area contributed by atoms with Crippen LogP contribution in [0.15, 0.2) is 18.2 Å². The first-order valence-corrected chi connectivity index (χ1v) is 7.95. The first kappa shape index (κ1) is 14.0. The highest BCUT2D eigenvalue weighted by Gasteiger charge is 2.11. The van der Waals surface area contributed by atoms with Gasteiger partial charge in [-0.05, 0) is 25.1 Å². The minimum Gasteiger partial charge on any atom is -0.341 e. The summed E-state index contributed by atoms with van der Waals surface area (Å²) in [6, 6.07) is 4.17. The quantitative estimate of drug-likeness (QED) is 0.866. The Bertz CT molecular complexity index is 681. The number of benzene rings is 1. The molecule has 104 valence electrons. The molecule has 1 aromatic carbocycles. The molecule has 1 heterocycles. The molecule has 0 amide bonds. The molecule has 0 saturated carbocycles. The summed E-state index contributed by atoms with van der Waals surface area (Å²) in [5.41, 5.74) is 1.32. The van der Waals surface area contributed by atoms with Gasteiger partial charge in [0.2, 0.25) is 0 Å². The molecule has 1 atom stereocenters. The molecule has 19 heavy (non-hydrogen) atoms. The molecule has 0 unspecified atom stereocenters. The lowest BCUT2D eigenvalue weighted by Gasteiger charge is -2.10. The number of imidazole rings is 1. The first-order valence-electron chi connectivity index (χ1n) is 5.89. The summed E-state index contributed by atoms with van der Waals surface area (Å²) in [4.78, 5) is 7.28. The van der Waals surface area contributed by atoms with Gasteiger partial charge in [0, 0.05) is 12.3 Å². The Hall–Kier alpha value is -1.47. The monoisotopic (exact) mass is 285 g/mol. The zero-order chi connectivity index (χ0) is 14.0. The standard InChI is InChI=1S/C12H16FN3O2S/c1-8(7-19(2,17)18)14-6-12-15-10-4-3-9(13)5-11(10)16-12/h3-5,8,14H,6-7H2,1-2H3,(H,15,16)/t8-/m0/s1. The number of H-pyrrole nitrogens is 1. The van der Waals surface area contributed by atoms with Crippen LogP contribution >= 0.6 is 0 Å². The van der Waals surface area contributed by atoms with E-state index in [1.165, 1.54) is 18.4 Å². The number of sulfone groups is 1. The Morgan fingerprint density at radius 2 is 2.21 bits per heavy atom. The summed E-state index contributed by atoms with van der Waals surface area (Å²) < 4.78 is 35.3. The third kappa shape index (κ3) is 4.00. The second-order valence-corrected chi connectivity index (χ2v) is 6.90. The normalized spacial score (nSPS) is 13.8. The molecule has 2 N–H and O–H groups in total. The average Bonchev–Trinajstić information content (AvgIpc) is 2.66. The number of nitrogens with zero attached hydrogens (tertiary/aromatic N) is 1. The van der Waals surface area contributed by atoms with Gasteiger partial charge in [0.15, 0.2) is 0 Å². The van der Waals surface area contributed by atoms with E-state index < -0.39 is 9.84 Å². The lowest BCUT2D eigenvalue weighted by atomic mass is 10.3. The van der Waals surface area contributed by atoms with Crippen molar-refractivity contribution in [3.63, 3.8) is 0 Å². The van der Waals surface area contributed by atoms with Crippen molar-refractivity contribution < 1.29 is 12.8 Å². The summed E-state index contributed by atoms with van der Waals surface area (Å²) in [7, 11) is -3.00. The van der Waals surface area contributed by atoms with Crippen LogP contribution in [0.4, 0.5) is 4.39 Å². The number of aromatic amines is 1. The van der Waals surface area contributed by atoms with Gasteiger partial charge in [-0.2, -0.15) is 0 Å². The van der Waals surface area contributed by atoms with Gasteiger partial charge >= 0.3 is 0 Å². The fourth-order valence-corrected chi connectivity index (χ4v) is 2.93. The fraction of sp³-hybridized carbons (Fsp3) is 0.417. The lowest BCUT2D eigenvalue weighted by Crippen LogP contribution is -2.32. The Balaban J connectivity index is 2.02. The second-order valence-electron chi connectivity index (χ2n) is 4.72. The molecule has 0 saturated heterocycles. The predicted molar refractivity (Wildman–Crippen MR) is 72.1 cm³/mol. The zero-order valence-corrected chi connectivity index (χ0v) is 11.6. The van der Waals surface area contributed by atoms with E-state index in [9.17, 15) is 12.8 Å². The van der Waals surface area contributed by atoms with Crippen molar-refractivity contribution in [2.45, 2.75) is 19.5 Å². The summed E-state index contributed by atoms with van der Waals surface area (Å²) in [5, 5.41) is 3.06. The SMILES string of the molecule is C[C@@H](CS(C)(=O)=O)NCc1nc2ccc(F)cc2[nH]1. The minimum atomic E-state index is -3.00. The molecule has 2 rings (SSSR count). The van der Waals surface area contributed by atoms with E-state index in [4.69, 9.17) is 0 Å². The number of hydrogen-bond acceptors (Lipinski definition) is 4. The third-order valence-corrected chi connectivity index (χ3v) is 3.77. The van der Waals surface area contributed by atoms with Crippen molar-refractivity contribution in [3.8, 4) is 0 Å². The molecule has 1 aromatic heterocycles. The van der Waals surface area contributed by atoms with Crippen LogP contribution in [-0.2, 0) is 16.4 Å². The molecule has 0 aliphatic heterocycles. The highest BCUT2D eigenvalue weighted by molar-refractivity contribution is 7.90. The van der Waals surface area contributed by atoms with Crippen molar-refractivity contribution in [2.24, 2.45) is 0 Å². The molecule has 7 heteroatoms. The van der Waals surface area contributed by atoms with Gasteiger partial charge in [-0.3, -0.25) is 0 Å². The average molecular weight is 285 g/mol. The van der Waals surface area contributed by atoms with Crippen molar-refractivity contribution in [2.75, 3.05) is 12.0 Å². The highest BCUT2D eigenvalue weighted by atomic mass is 32.2. The third-order valence-electron chi connectivity index (χ3n) is 2.66. The largest absolute Gasteiger partial charge is 0.341 e. The van der Waals surface area contributed by atoms with Crippen LogP contribution < -0.4 is 5.32 Å². The van der Waals surface area contributed by atoms with Gasteiger partial charge in [-0.1, -0.05) is 0 Å². The summed E-state index contributed by atoms with van der Waals surface area (Å²) >= 11 is 0. The van der Waals surface area contributed by atoms with Crippen molar-refractivity contribution in [3.05, 3.63) is 29.8 Å². The smallest absolute Gasteiger partial charge is 0.148 e. The van der Waals surface area contributed by atoms with Gasteiger partial charge in [0.05, 0.1) is 23.3 Å². The Morgan fingerprint density at radius 1 is 1.47 bits per heavy atom. The maximum atomic E-state index is 13.0. The Morgan fingerprint density at radius 3 is 2.89 bits per heavy atom. The summed E-state index contributed by atoms with van der Waals surface area (Å²) in [6.07, 6.45) is 1.20. The van der Waals surface area contributed by atoms with Gasteiger partial charge in [-0.25, -0.2) is 17.8 Å². The maximum Gasteiger partial charge on any atom is 0.148 e. The van der Waals surface area contributed by atoms with E-state index >= 15 is 0 Å². The van der Waals surface area contributed by atoms with Crippen LogP contribution in [0.2, 0.25) is 0 Å². The van der Waals surface area contributed by atoms with Crippen LogP contribution in [0.1, 0.15) is 12.7 Å². The topological polar surface area (TPSA) is 74.8 Å². The number of halogens is 1. The zero-order valence-electron chi connectivity index (χ0n) is 10.8. The van der Waals surface area contributed by atoms with Gasteiger partial charge < -0.3 is 10.3 Å². The molecule has 0 aliphatic rings. The molecular weight excluding hydrogens is 269 g/mol.